The Labute approximate surface area is 322 Å². The van der Waals surface area contributed by atoms with Gasteiger partial charge in [-0.1, -0.05) is 158 Å². The standard InChI is InChI=1S/C51H32N4O/c1-5-17-33(18-6-1)37-31-42(34-19-7-2-8-20-34)46-40-26-13-15-27-43(40)55(44(46)32-37)47-41(30-29-39-38-25-14-16-28-45(38)56-48(39)47)51-53-49(35-21-9-3-10-22-35)52-50(54-51)36-23-11-4-12-24-36/h1-32H. The third-order valence-corrected chi connectivity index (χ3v) is 10.6. The van der Waals surface area contributed by atoms with Gasteiger partial charge in [-0.25, -0.2) is 15.0 Å². The van der Waals surface area contributed by atoms with Gasteiger partial charge in [0, 0.05) is 38.2 Å². The van der Waals surface area contributed by atoms with Gasteiger partial charge < -0.3 is 8.98 Å². The molecule has 3 aromatic heterocycles. The lowest BCUT2D eigenvalue weighted by atomic mass is 9.94. The van der Waals surface area contributed by atoms with Crippen molar-refractivity contribution < 1.29 is 4.42 Å². The normalized spacial score (nSPS) is 11.6. The third-order valence-electron chi connectivity index (χ3n) is 10.6. The van der Waals surface area contributed by atoms with Crippen LogP contribution in [-0.4, -0.2) is 19.5 Å². The quantitative estimate of drug-likeness (QED) is 0.172. The first kappa shape index (κ1) is 31.9. The molecule has 0 aliphatic rings. The van der Waals surface area contributed by atoms with E-state index in [1.165, 1.54) is 0 Å². The summed E-state index contributed by atoms with van der Waals surface area (Å²) >= 11 is 0. The Kier molecular flexibility index (Phi) is 7.42. The van der Waals surface area contributed by atoms with E-state index in [1.54, 1.807) is 0 Å². The molecular formula is C51H32N4O. The fraction of sp³-hybridized carbons (Fsp3) is 0. The van der Waals surface area contributed by atoms with Crippen LogP contribution < -0.4 is 0 Å². The Morgan fingerprint density at radius 1 is 0.357 bits per heavy atom. The van der Waals surface area contributed by atoms with Crippen molar-refractivity contribution >= 4 is 43.7 Å². The van der Waals surface area contributed by atoms with E-state index >= 15 is 0 Å². The zero-order valence-corrected chi connectivity index (χ0v) is 30.2. The lowest BCUT2D eigenvalue weighted by Gasteiger charge is -2.16. The Balaban J connectivity index is 1.31. The number of hydrogen-bond acceptors (Lipinski definition) is 4. The molecule has 0 spiro atoms. The molecule has 5 nitrogen and oxygen atoms in total. The van der Waals surface area contributed by atoms with Crippen LogP contribution in [0, 0.1) is 0 Å². The van der Waals surface area contributed by atoms with Crippen molar-refractivity contribution in [1.29, 1.82) is 0 Å². The van der Waals surface area contributed by atoms with Gasteiger partial charge >= 0.3 is 0 Å². The highest BCUT2D eigenvalue weighted by molar-refractivity contribution is 6.19. The zero-order valence-electron chi connectivity index (χ0n) is 30.2. The van der Waals surface area contributed by atoms with E-state index in [-0.39, 0.29) is 0 Å². The first-order chi connectivity index (χ1) is 27.8. The largest absolute Gasteiger partial charge is 0.454 e. The highest BCUT2D eigenvalue weighted by Gasteiger charge is 2.26. The van der Waals surface area contributed by atoms with E-state index in [9.17, 15) is 0 Å². The Morgan fingerprint density at radius 2 is 0.893 bits per heavy atom. The van der Waals surface area contributed by atoms with Crippen LogP contribution in [0.4, 0.5) is 0 Å². The molecule has 3 heterocycles. The molecule has 56 heavy (non-hydrogen) atoms. The van der Waals surface area contributed by atoms with Gasteiger partial charge in [0.05, 0.1) is 11.0 Å². The number of nitrogens with zero attached hydrogens (tertiary/aromatic N) is 4. The summed E-state index contributed by atoms with van der Waals surface area (Å²) in [5, 5.41) is 4.38. The summed E-state index contributed by atoms with van der Waals surface area (Å²) < 4.78 is 9.31. The monoisotopic (exact) mass is 716 g/mol. The molecule has 262 valence electrons. The van der Waals surface area contributed by atoms with Crippen LogP contribution in [0.2, 0.25) is 0 Å². The van der Waals surface area contributed by atoms with Crippen LogP contribution in [0.1, 0.15) is 0 Å². The van der Waals surface area contributed by atoms with Crippen molar-refractivity contribution in [3.05, 3.63) is 194 Å². The average molecular weight is 717 g/mol. The highest BCUT2D eigenvalue weighted by atomic mass is 16.3. The maximum atomic E-state index is 6.93. The van der Waals surface area contributed by atoms with E-state index in [0.29, 0.717) is 17.5 Å². The zero-order chi connectivity index (χ0) is 37.0. The minimum absolute atomic E-state index is 0.559. The van der Waals surface area contributed by atoms with Crippen molar-refractivity contribution in [3.63, 3.8) is 0 Å². The smallest absolute Gasteiger partial charge is 0.166 e. The topological polar surface area (TPSA) is 56.7 Å². The number of fused-ring (bicyclic) bond motifs is 6. The molecule has 0 unspecified atom stereocenters. The second-order valence-electron chi connectivity index (χ2n) is 14.0. The molecule has 5 heteroatoms. The maximum Gasteiger partial charge on any atom is 0.166 e. The van der Waals surface area contributed by atoms with Crippen LogP contribution in [-0.2, 0) is 0 Å². The Bertz CT molecular complexity index is 3170. The number of para-hydroxylation sites is 2. The predicted octanol–water partition coefficient (Wildman–Crippen LogP) is 13.2. The second-order valence-corrected chi connectivity index (χ2v) is 14.0. The van der Waals surface area contributed by atoms with Crippen LogP contribution in [0.3, 0.4) is 0 Å². The van der Waals surface area contributed by atoms with E-state index in [2.05, 4.69) is 126 Å². The number of furan rings is 1. The van der Waals surface area contributed by atoms with Gasteiger partial charge in [-0.15, -0.1) is 0 Å². The van der Waals surface area contributed by atoms with E-state index in [0.717, 1.165) is 88.4 Å². The van der Waals surface area contributed by atoms with Crippen molar-refractivity contribution in [3.8, 4) is 62.1 Å². The van der Waals surface area contributed by atoms with Gasteiger partial charge in [0.1, 0.15) is 11.3 Å². The molecule has 0 fully saturated rings. The highest BCUT2D eigenvalue weighted by Crippen LogP contribution is 2.46. The molecule has 0 aliphatic heterocycles. The molecule has 8 aromatic carbocycles. The molecule has 0 aliphatic carbocycles. The third kappa shape index (κ3) is 5.21. The van der Waals surface area contributed by atoms with Crippen LogP contribution in [0.25, 0.3) is 106 Å². The SMILES string of the molecule is c1ccc(-c2cc(-c3ccccc3)c3c4ccccc4n(-c4c(-c5nc(-c6ccccc6)nc(-c6ccccc6)n5)ccc5c4oc4ccccc45)c3c2)cc1. The molecule has 11 aromatic rings. The predicted molar refractivity (Wildman–Crippen MR) is 229 cm³/mol. The van der Waals surface area contributed by atoms with Gasteiger partial charge in [-0.05, 0) is 58.7 Å². The minimum Gasteiger partial charge on any atom is -0.454 e. The lowest BCUT2D eigenvalue weighted by Crippen LogP contribution is -2.04. The molecule has 0 amide bonds. The summed E-state index contributed by atoms with van der Waals surface area (Å²) in [7, 11) is 0. The second kappa shape index (κ2) is 13.0. The van der Waals surface area contributed by atoms with Gasteiger partial charge in [-0.2, -0.15) is 0 Å². The van der Waals surface area contributed by atoms with Crippen LogP contribution >= 0.6 is 0 Å². The van der Waals surface area contributed by atoms with Crippen molar-refractivity contribution in [2.45, 2.75) is 0 Å². The fourth-order valence-electron chi connectivity index (χ4n) is 8.09. The number of aromatic nitrogens is 4. The summed E-state index contributed by atoms with van der Waals surface area (Å²) in [6.07, 6.45) is 0. The molecule has 0 saturated heterocycles. The molecule has 11 rings (SSSR count). The summed E-state index contributed by atoms with van der Waals surface area (Å²) in [5.41, 5.74) is 11.8. The molecule has 0 saturated carbocycles. The van der Waals surface area contributed by atoms with Crippen molar-refractivity contribution in [1.82, 2.24) is 19.5 Å². The Morgan fingerprint density at radius 3 is 1.55 bits per heavy atom. The van der Waals surface area contributed by atoms with Gasteiger partial charge in [-0.3, -0.25) is 0 Å². The van der Waals surface area contributed by atoms with E-state index < -0.39 is 0 Å². The van der Waals surface area contributed by atoms with E-state index in [1.807, 2.05) is 72.8 Å². The first-order valence-corrected chi connectivity index (χ1v) is 18.8. The molecule has 0 radical (unpaired) electrons. The van der Waals surface area contributed by atoms with Gasteiger partial charge in [0.25, 0.3) is 0 Å². The lowest BCUT2D eigenvalue weighted by molar-refractivity contribution is 0.666. The fourth-order valence-corrected chi connectivity index (χ4v) is 8.09. The summed E-state index contributed by atoms with van der Waals surface area (Å²) in [5.74, 6) is 1.76. The molecule has 0 atom stereocenters. The average Bonchev–Trinajstić information content (AvgIpc) is 3.83. The number of rotatable bonds is 6. The number of benzene rings is 8. The number of hydrogen-bond donors (Lipinski definition) is 0. The minimum atomic E-state index is 0.559. The van der Waals surface area contributed by atoms with Crippen molar-refractivity contribution in [2.75, 3.05) is 0 Å². The molecule has 0 N–H and O–H groups in total. The Hall–Kier alpha value is -7.63. The van der Waals surface area contributed by atoms with Gasteiger partial charge in [0.2, 0.25) is 0 Å². The van der Waals surface area contributed by atoms with Gasteiger partial charge in [0.15, 0.2) is 23.1 Å². The first-order valence-electron chi connectivity index (χ1n) is 18.8. The maximum absolute atomic E-state index is 6.93. The van der Waals surface area contributed by atoms with E-state index in [4.69, 9.17) is 19.4 Å². The molecule has 0 bridgehead atoms. The summed E-state index contributed by atoms with van der Waals surface area (Å²) in [6, 6.07) is 67.4. The summed E-state index contributed by atoms with van der Waals surface area (Å²) in [4.78, 5) is 15.5. The van der Waals surface area contributed by atoms with Crippen LogP contribution in [0.15, 0.2) is 199 Å². The molecular weight excluding hydrogens is 685 g/mol. The van der Waals surface area contributed by atoms with Crippen molar-refractivity contribution in [2.24, 2.45) is 0 Å². The summed E-state index contributed by atoms with van der Waals surface area (Å²) in [6.45, 7) is 0. The van der Waals surface area contributed by atoms with Crippen LogP contribution in [0.5, 0.6) is 0 Å².